The summed E-state index contributed by atoms with van der Waals surface area (Å²) < 4.78 is 51.2. The summed E-state index contributed by atoms with van der Waals surface area (Å²) in [6, 6.07) is 9.28. The molecule has 0 aliphatic carbocycles. The minimum atomic E-state index is -3.90. The molecule has 148 valence electrons. The third-order valence-corrected chi connectivity index (χ3v) is 5.32. The maximum atomic E-state index is 12.9. The summed E-state index contributed by atoms with van der Waals surface area (Å²) in [6.07, 6.45) is 0. The Bertz CT molecular complexity index is 1160. The maximum absolute atomic E-state index is 12.9. The molecule has 0 aliphatic rings. The minimum Gasteiger partial charge on any atom is -0.465 e. The van der Waals surface area contributed by atoms with Crippen molar-refractivity contribution in [3.63, 3.8) is 0 Å². The highest BCUT2D eigenvalue weighted by molar-refractivity contribution is 7.89. The molecule has 28 heavy (non-hydrogen) atoms. The van der Waals surface area contributed by atoms with Gasteiger partial charge in [-0.25, -0.2) is 22.3 Å². The lowest BCUT2D eigenvalue weighted by molar-refractivity contribution is -0.143. The van der Waals surface area contributed by atoms with E-state index in [1.54, 1.807) is 6.92 Å². The number of rotatable bonds is 7. The van der Waals surface area contributed by atoms with Gasteiger partial charge < -0.3 is 9.15 Å². The number of esters is 1. The minimum absolute atomic E-state index is 0.0268. The van der Waals surface area contributed by atoms with Crippen molar-refractivity contribution in [2.24, 2.45) is 0 Å². The molecule has 0 fully saturated rings. The van der Waals surface area contributed by atoms with E-state index in [2.05, 4.69) is 4.72 Å². The van der Waals surface area contributed by atoms with E-state index < -0.39 is 27.6 Å². The van der Waals surface area contributed by atoms with Gasteiger partial charge in [-0.3, -0.25) is 9.36 Å². The maximum Gasteiger partial charge on any atom is 0.420 e. The number of carbonyl (C=O) groups is 1. The van der Waals surface area contributed by atoms with Gasteiger partial charge in [0, 0.05) is 12.6 Å². The zero-order chi connectivity index (χ0) is 20.3. The smallest absolute Gasteiger partial charge is 0.420 e. The Balaban J connectivity index is 1.84. The van der Waals surface area contributed by atoms with Gasteiger partial charge in [-0.2, -0.15) is 0 Å². The lowest BCUT2D eigenvalue weighted by Crippen LogP contribution is -2.23. The third-order valence-electron chi connectivity index (χ3n) is 3.92. The number of oxazole rings is 1. The fourth-order valence-electron chi connectivity index (χ4n) is 2.56. The molecule has 0 spiro atoms. The second kappa shape index (κ2) is 7.95. The summed E-state index contributed by atoms with van der Waals surface area (Å²) in [6.45, 7) is 1.44. The molecule has 0 aliphatic heterocycles. The van der Waals surface area contributed by atoms with Gasteiger partial charge in [-0.15, -0.1) is 0 Å². The van der Waals surface area contributed by atoms with E-state index in [0.717, 1.165) is 4.57 Å². The summed E-state index contributed by atoms with van der Waals surface area (Å²) in [4.78, 5) is 23.5. The first kappa shape index (κ1) is 19.8. The predicted octanol–water partition coefficient (Wildman–Crippen LogP) is 1.78. The summed E-state index contributed by atoms with van der Waals surface area (Å²) in [5.41, 5.74) is 0.882. The molecule has 0 atom stereocenters. The summed E-state index contributed by atoms with van der Waals surface area (Å²) >= 11 is 0. The molecule has 10 heteroatoms. The highest BCUT2D eigenvalue weighted by Gasteiger charge is 2.19. The second-order valence-corrected chi connectivity index (χ2v) is 7.61. The van der Waals surface area contributed by atoms with Gasteiger partial charge in [0.1, 0.15) is 12.4 Å². The monoisotopic (exact) mass is 408 g/mol. The van der Waals surface area contributed by atoms with Crippen LogP contribution in [0.2, 0.25) is 0 Å². The topological polar surface area (TPSA) is 108 Å². The fraction of sp³-hybridized carbons (Fsp3) is 0.222. The highest BCUT2D eigenvalue weighted by atomic mass is 32.2. The standard InChI is InChI=1S/C18H17FN2O6S/c1-2-26-17(22)11-21-15-8-7-14(9-16(15)27-18(21)23)28(24,25)20-10-12-3-5-13(19)6-4-12/h3-9,20H,2,10-11H2,1H3. The van der Waals surface area contributed by atoms with Crippen molar-refractivity contribution in [1.29, 1.82) is 0 Å². The van der Waals surface area contributed by atoms with Crippen molar-refractivity contribution < 1.29 is 26.8 Å². The summed E-state index contributed by atoms with van der Waals surface area (Å²) in [5, 5.41) is 0. The molecule has 3 aromatic rings. The van der Waals surface area contributed by atoms with Crippen LogP contribution >= 0.6 is 0 Å². The van der Waals surface area contributed by atoms with Gasteiger partial charge in [0.15, 0.2) is 5.58 Å². The highest BCUT2D eigenvalue weighted by Crippen LogP contribution is 2.19. The Kier molecular flexibility index (Phi) is 5.61. The van der Waals surface area contributed by atoms with Crippen LogP contribution in [0, 0.1) is 5.82 Å². The molecular weight excluding hydrogens is 391 g/mol. The molecule has 0 unspecified atom stereocenters. The van der Waals surface area contributed by atoms with Crippen LogP contribution in [0.3, 0.4) is 0 Å². The Hall–Kier alpha value is -2.98. The first-order valence-electron chi connectivity index (χ1n) is 8.33. The lowest BCUT2D eigenvalue weighted by atomic mass is 10.2. The van der Waals surface area contributed by atoms with Crippen molar-refractivity contribution in [1.82, 2.24) is 9.29 Å². The Morgan fingerprint density at radius 1 is 1.21 bits per heavy atom. The third kappa shape index (κ3) is 4.29. The van der Waals surface area contributed by atoms with Crippen molar-refractivity contribution in [3.05, 3.63) is 64.4 Å². The second-order valence-electron chi connectivity index (χ2n) is 5.84. The molecular formula is C18H17FN2O6S. The lowest BCUT2D eigenvalue weighted by Gasteiger charge is -2.07. The normalized spacial score (nSPS) is 11.6. The average molecular weight is 408 g/mol. The number of fused-ring (bicyclic) bond motifs is 1. The SMILES string of the molecule is CCOC(=O)Cn1c(=O)oc2cc(S(=O)(=O)NCc3ccc(F)cc3)ccc21. The van der Waals surface area contributed by atoms with Gasteiger partial charge in [-0.1, -0.05) is 12.1 Å². The van der Waals surface area contributed by atoms with Crippen molar-refractivity contribution in [3.8, 4) is 0 Å². The first-order chi connectivity index (χ1) is 13.3. The van der Waals surface area contributed by atoms with Gasteiger partial charge in [0.2, 0.25) is 10.0 Å². The molecule has 0 amide bonds. The van der Waals surface area contributed by atoms with Gasteiger partial charge in [0.25, 0.3) is 0 Å². The summed E-state index contributed by atoms with van der Waals surface area (Å²) in [5.74, 6) is -1.82. The number of sulfonamides is 1. The number of benzene rings is 2. The number of nitrogens with zero attached hydrogens (tertiary/aromatic N) is 1. The molecule has 0 radical (unpaired) electrons. The number of hydrogen-bond donors (Lipinski definition) is 1. The molecule has 3 rings (SSSR count). The molecule has 1 aromatic heterocycles. The van der Waals surface area contributed by atoms with Crippen LogP contribution in [-0.4, -0.2) is 25.6 Å². The molecule has 0 bridgehead atoms. The van der Waals surface area contributed by atoms with Crippen LogP contribution < -0.4 is 10.5 Å². The van der Waals surface area contributed by atoms with E-state index in [1.807, 2.05) is 0 Å². The van der Waals surface area contributed by atoms with Gasteiger partial charge in [-0.05, 0) is 36.8 Å². The molecule has 1 heterocycles. The van der Waals surface area contributed by atoms with Crippen LogP contribution in [0.25, 0.3) is 11.1 Å². The van der Waals surface area contributed by atoms with Crippen molar-refractivity contribution in [2.75, 3.05) is 6.61 Å². The Morgan fingerprint density at radius 2 is 1.93 bits per heavy atom. The van der Waals surface area contributed by atoms with Crippen LogP contribution in [-0.2, 0) is 32.6 Å². The van der Waals surface area contributed by atoms with Gasteiger partial charge in [0.05, 0.1) is 17.0 Å². The molecule has 0 saturated carbocycles. The van der Waals surface area contributed by atoms with E-state index in [1.165, 1.54) is 42.5 Å². The zero-order valence-electron chi connectivity index (χ0n) is 14.8. The molecule has 0 saturated heterocycles. The number of nitrogens with one attached hydrogen (secondary N) is 1. The van der Waals surface area contributed by atoms with Crippen LogP contribution in [0.4, 0.5) is 4.39 Å². The molecule has 1 N–H and O–H groups in total. The number of hydrogen-bond acceptors (Lipinski definition) is 6. The van der Waals surface area contributed by atoms with Crippen LogP contribution in [0.5, 0.6) is 0 Å². The van der Waals surface area contributed by atoms with Crippen molar-refractivity contribution in [2.45, 2.75) is 24.9 Å². The average Bonchev–Trinajstić information content (AvgIpc) is 2.96. The number of carbonyl (C=O) groups excluding carboxylic acids is 1. The number of aromatic nitrogens is 1. The van der Waals surface area contributed by atoms with E-state index in [-0.39, 0.29) is 35.7 Å². The number of ether oxygens (including phenoxy) is 1. The van der Waals surface area contributed by atoms with E-state index in [0.29, 0.717) is 5.56 Å². The van der Waals surface area contributed by atoms with Crippen LogP contribution in [0.15, 0.2) is 56.6 Å². The quantitative estimate of drug-likeness (QED) is 0.597. The fourth-order valence-corrected chi connectivity index (χ4v) is 3.60. The molecule has 2 aromatic carbocycles. The zero-order valence-corrected chi connectivity index (χ0v) is 15.7. The van der Waals surface area contributed by atoms with E-state index in [4.69, 9.17) is 9.15 Å². The van der Waals surface area contributed by atoms with E-state index in [9.17, 15) is 22.4 Å². The Morgan fingerprint density at radius 3 is 2.61 bits per heavy atom. The Labute approximate surface area is 159 Å². The molecule has 8 nitrogen and oxygen atoms in total. The largest absolute Gasteiger partial charge is 0.465 e. The predicted molar refractivity (Wildman–Crippen MR) is 97.5 cm³/mol. The van der Waals surface area contributed by atoms with E-state index >= 15 is 0 Å². The van der Waals surface area contributed by atoms with Crippen LogP contribution in [0.1, 0.15) is 12.5 Å². The summed E-state index contributed by atoms with van der Waals surface area (Å²) in [7, 11) is -3.90. The van der Waals surface area contributed by atoms with Gasteiger partial charge >= 0.3 is 11.7 Å². The number of halogens is 1. The van der Waals surface area contributed by atoms with Crippen molar-refractivity contribution >= 4 is 27.1 Å². The first-order valence-corrected chi connectivity index (χ1v) is 9.81.